The van der Waals surface area contributed by atoms with E-state index >= 15 is 0 Å². The van der Waals surface area contributed by atoms with Crippen LogP contribution in [0.3, 0.4) is 0 Å². The average Bonchev–Trinajstić information content (AvgIpc) is 2.62. The predicted octanol–water partition coefficient (Wildman–Crippen LogP) is 0.176. The fraction of sp³-hybridized carbons (Fsp3) is 0.818. The third-order valence-electron chi connectivity index (χ3n) is 3.49. The third-order valence-corrected chi connectivity index (χ3v) is 3.49. The van der Waals surface area contributed by atoms with E-state index in [1.165, 1.54) is 0 Å². The van der Waals surface area contributed by atoms with E-state index in [4.69, 9.17) is 0 Å². The van der Waals surface area contributed by atoms with Gasteiger partial charge in [0.05, 0.1) is 12.5 Å². The van der Waals surface area contributed by atoms with Crippen LogP contribution in [0.2, 0.25) is 0 Å². The number of piperidine rings is 1. The summed E-state index contributed by atoms with van der Waals surface area (Å²) in [6.07, 6.45) is 2.61. The van der Waals surface area contributed by atoms with Gasteiger partial charge in [-0.25, -0.2) is 0 Å². The fourth-order valence-electron chi connectivity index (χ4n) is 2.58. The van der Waals surface area contributed by atoms with Crippen LogP contribution >= 0.6 is 0 Å². The van der Waals surface area contributed by atoms with Gasteiger partial charge in [0.1, 0.15) is 5.78 Å². The summed E-state index contributed by atoms with van der Waals surface area (Å²) in [6.45, 7) is 4.09. The molecule has 1 N–H and O–H groups in total. The van der Waals surface area contributed by atoms with Crippen molar-refractivity contribution in [1.82, 2.24) is 10.2 Å². The number of rotatable bonds is 3. The molecule has 2 unspecified atom stereocenters. The number of likely N-dealkylation sites (tertiary alicyclic amines) is 1. The molecule has 0 aromatic heterocycles. The third kappa shape index (κ3) is 2.04. The molecule has 2 saturated heterocycles. The summed E-state index contributed by atoms with van der Waals surface area (Å²) in [4.78, 5) is 25.1. The van der Waals surface area contributed by atoms with E-state index in [0.29, 0.717) is 13.0 Å². The van der Waals surface area contributed by atoms with Crippen LogP contribution in [-0.4, -0.2) is 42.3 Å². The predicted molar refractivity (Wildman–Crippen MR) is 56.4 cm³/mol. The second kappa shape index (κ2) is 4.31. The lowest BCUT2D eigenvalue weighted by molar-refractivity contribution is -0.126. The van der Waals surface area contributed by atoms with Gasteiger partial charge in [0.15, 0.2) is 0 Å². The van der Waals surface area contributed by atoms with E-state index in [1.54, 1.807) is 0 Å². The molecule has 2 aliphatic rings. The Labute approximate surface area is 90.0 Å². The lowest BCUT2D eigenvalue weighted by Crippen LogP contribution is -2.47. The van der Waals surface area contributed by atoms with Crippen molar-refractivity contribution in [3.8, 4) is 0 Å². The molecule has 0 aromatic rings. The Morgan fingerprint density at radius 3 is 3.13 bits per heavy atom. The molecule has 0 aromatic carbocycles. The number of Topliss-reactive ketones (excluding diaryl/α,β-unsaturated/α-hetero) is 1. The van der Waals surface area contributed by atoms with Crippen molar-refractivity contribution in [2.24, 2.45) is 5.92 Å². The second-order valence-electron chi connectivity index (χ2n) is 4.42. The summed E-state index contributed by atoms with van der Waals surface area (Å²) in [5.74, 6) is 0.576. The van der Waals surface area contributed by atoms with Gasteiger partial charge in [-0.2, -0.15) is 0 Å². The molecule has 2 heterocycles. The van der Waals surface area contributed by atoms with Crippen LogP contribution < -0.4 is 5.32 Å². The molecule has 0 aliphatic carbocycles. The molecule has 2 fully saturated rings. The Morgan fingerprint density at radius 2 is 2.40 bits per heavy atom. The number of fused-ring (bicyclic) bond motifs is 1. The maximum atomic E-state index is 11.5. The van der Waals surface area contributed by atoms with Crippen LogP contribution in [0.5, 0.6) is 0 Å². The molecule has 0 bridgehead atoms. The minimum absolute atomic E-state index is 0.128. The van der Waals surface area contributed by atoms with Gasteiger partial charge in [-0.05, 0) is 19.4 Å². The Kier molecular flexibility index (Phi) is 3.05. The SMILES string of the molecule is CCC(=O)CN1CCCC2C(=O)NCC21. The molecule has 2 aliphatic heterocycles. The van der Waals surface area contributed by atoms with Crippen molar-refractivity contribution < 1.29 is 9.59 Å². The maximum absolute atomic E-state index is 11.5. The van der Waals surface area contributed by atoms with Crippen LogP contribution in [0.15, 0.2) is 0 Å². The van der Waals surface area contributed by atoms with Crippen molar-refractivity contribution >= 4 is 11.7 Å². The number of nitrogens with zero attached hydrogens (tertiary/aromatic N) is 1. The lowest BCUT2D eigenvalue weighted by atomic mass is 9.91. The summed E-state index contributed by atoms with van der Waals surface area (Å²) in [6, 6.07) is 0.266. The highest BCUT2D eigenvalue weighted by Gasteiger charge is 2.40. The van der Waals surface area contributed by atoms with Crippen molar-refractivity contribution in [2.45, 2.75) is 32.2 Å². The van der Waals surface area contributed by atoms with Crippen LogP contribution in [0, 0.1) is 5.92 Å². The molecule has 2 atom stereocenters. The molecule has 0 radical (unpaired) electrons. The first-order valence-electron chi connectivity index (χ1n) is 5.76. The normalized spacial score (nSPS) is 31.1. The van der Waals surface area contributed by atoms with Gasteiger partial charge in [-0.1, -0.05) is 6.92 Å². The van der Waals surface area contributed by atoms with Gasteiger partial charge < -0.3 is 5.32 Å². The van der Waals surface area contributed by atoms with Crippen molar-refractivity contribution in [3.63, 3.8) is 0 Å². The second-order valence-corrected chi connectivity index (χ2v) is 4.42. The highest BCUT2D eigenvalue weighted by Crippen LogP contribution is 2.26. The van der Waals surface area contributed by atoms with E-state index in [0.717, 1.165) is 25.9 Å². The van der Waals surface area contributed by atoms with Gasteiger partial charge in [0.25, 0.3) is 0 Å². The van der Waals surface area contributed by atoms with Gasteiger partial charge >= 0.3 is 0 Å². The van der Waals surface area contributed by atoms with Gasteiger partial charge in [-0.15, -0.1) is 0 Å². The highest BCUT2D eigenvalue weighted by atomic mass is 16.2. The number of carbonyl (C=O) groups is 2. The smallest absolute Gasteiger partial charge is 0.224 e. The number of hydrogen-bond acceptors (Lipinski definition) is 3. The quantitative estimate of drug-likeness (QED) is 0.722. The Morgan fingerprint density at radius 1 is 1.60 bits per heavy atom. The van der Waals surface area contributed by atoms with E-state index in [-0.39, 0.29) is 23.7 Å². The van der Waals surface area contributed by atoms with Crippen molar-refractivity contribution in [2.75, 3.05) is 19.6 Å². The molecule has 0 spiro atoms. The van der Waals surface area contributed by atoms with Gasteiger partial charge in [-0.3, -0.25) is 14.5 Å². The zero-order valence-electron chi connectivity index (χ0n) is 9.16. The highest BCUT2D eigenvalue weighted by molar-refractivity contribution is 5.83. The van der Waals surface area contributed by atoms with E-state index in [9.17, 15) is 9.59 Å². The summed E-state index contributed by atoms with van der Waals surface area (Å²) >= 11 is 0. The summed E-state index contributed by atoms with van der Waals surface area (Å²) < 4.78 is 0. The largest absolute Gasteiger partial charge is 0.354 e. The monoisotopic (exact) mass is 210 g/mol. The summed E-state index contributed by atoms with van der Waals surface area (Å²) in [5, 5.41) is 2.89. The molecule has 4 nitrogen and oxygen atoms in total. The molecule has 1 amide bonds. The molecule has 2 rings (SSSR count). The zero-order valence-corrected chi connectivity index (χ0v) is 9.16. The lowest BCUT2D eigenvalue weighted by Gasteiger charge is -2.35. The Balaban J connectivity index is 2.00. The standard InChI is InChI=1S/C11H18N2O2/c1-2-8(14)7-13-5-3-4-9-10(13)6-12-11(9)15/h9-10H,2-7H2,1H3,(H,12,15). The zero-order chi connectivity index (χ0) is 10.8. The minimum atomic E-state index is 0.128. The number of amides is 1. The molecule has 0 saturated carbocycles. The molecular formula is C11H18N2O2. The van der Waals surface area contributed by atoms with Crippen LogP contribution in [0.4, 0.5) is 0 Å². The average molecular weight is 210 g/mol. The van der Waals surface area contributed by atoms with Crippen molar-refractivity contribution in [1.29, 1.82) is 0 Å². The van der Waals surface area contributed by atoms with E-state index < -0.39 is 0 Å². The molecule has 15 heavy (non-hydrogen) atoms. The minimum Gasteiger partial charge on any atom is -0.354 e. The number of nitrogens with one attached hydrogen (secondary N) is 1. The van der Waals surface area contributed by atoms with Crippen LogP contribution in [0.1, 0.15) is 26.2 Å². The first kappa shape index (κ1) is 10.6. The Bertz CT molecular complexity index is 278. The fourth-order valence-corrected chi connectivity index (χ4v) is 2.58. The van der Waals surface area contributed by atoms with E-state index in [2.05, 4.69) is 10.2 Å². The van der Waals surface area contributed by atoms with Gasteiger partial charge in [0, 0.05) is 19.0 Å². The van der Waals surface area contributed by atoms with Crippen molar-refractivity contribution in [3.05, 3.63) is 0 Å². The topological polar surface area (TPSA) is 49.4 Å². The van der Waals surface area contributed by atoms with E-state index in [1.807, 2.05) is 6.92 Å². The number of carbonyl (C=O) groups excluding carboxylic acids is 2. The number of ketones is 1. The Hall–Kier alpha value is -0.900. The van der Waals surface area contributed by atoms with Crippen LogP contribution in [0.25, 0.3) is 0 Å². The summed E-state index contributed by atoms with van der Waals surface area (Å²) in [5.41, 5.74) is 0. The molecular weight excluding hydrogens is 192 g/mol. The van der Waals surface area contributed by atoms with Crippen LogP contribution in [-0.2, 0) is 9.59 Å². The first-order chi connectivity index (χ1) is 7.22. The molecule has 4 heteroatoms. The van der Waals surface area contributed by atoms with Gasteiger partial charge in [0.2, 0.25) is 5.91 Å². The maximum Gasteiger partial charge on any atom is 0.224 e. The number of hydrogen-bond donors (Lipinski definition) is 1. The molecule has 84 valence electrons. The summed E-state index contributed by atoms with van der Waals surface area (Å²) in [7, 11) is 0. The first-order valence-corrected chi connectivity index (χ1v) is 5.76.